The molecule has 0 radical (unpaired) electrons. The summed E-state index contributed by atoms with van der Waals surface area (Å²) in [7, 11) is 0. The van der Waals surface area contributed by atoms with E-state index in [0.717, 1.165) is 0 Å². The fourth-order valence-electron chi connectivity index (χ4n) is 1.39. The molecule has 0 aliphatic carbocycles. The Morgan fingerprint density at radius 3 is 2.14 bits per heavy atom. The molecule has 1 saturated heterocycles. The summed E-state index contributed by atoms with van der Waals surface area (Å²) in [6.07, 6.45) is 1.29. The Morgan fingerprint density at radius 1 is 1.21 bits per heavy atom. The van der Waals surface area contributed by atoms with Gasteiger partial charge in [0.25, 0.3) is 0 Å². The van der Waals surface area contributed by atoms with Crippen molar-refractivity contribution in [2.24, 2.45) is 0 Å². The van der Waals surface area contributed by atoms with Gasteiger partial charge in [-0.25, -0.2) is 0 Å². The van der Waals surface area contributed by atoms with Crippen molar-refractivity contribution in [3.05, 3.63) is 12.7 Å². The molecule has 4 nitrogen and oxygen atoms in total. The SMILES string of the molecule is C=CC(=O)N1CCN(C(=O)CCl)CC1. The standard InChI is InChI=1S/C9H13ClN2O2/c1-2-8(13)11-3-5-12(6-4-11)9(14)7-10/h2H,1,3-7H2. The molecule has 78 valence electrons. The van der Waals surface area contributed by atoms with Gasteiger partial charge >= 0.3 is 0 Å². The molecule has 5 heteroatoms. The third-order valence-electron chi connectivity index (χ3n) is 2.23. The summed E-state index contributed by atoms with van der Waals surface area (Å²) in [6.45, 7) is 5.66. The summed E-state index contributed by atoms with van der Waals surface area (Å²) in [5.74, 6) is -0.143. The van der Waals surface area contributed by atoms with Crippen molar-refractivity contribution in [2.75, 3.05) is 32.1 Å². The Balaban J connectivity index is 2.42. The number of hydrogen-bond donors (Lipinski definition) is 0. The Morgan fingerprint density at radius 2 is 1.71 bits per heavy atom. The second-order valence-electron chi connectivity index (χ2n) is 3.04. The van der Waals surface area contributed by atoms with Crippen LogP contribution in [0.15, 0.2) is 12.7 Å². The van der Waals surface area contributed by atoms with Crippen molar-refractivity contribution in [1.29, 1.82) is 0 Å². The minimum Gasteiger partial charge on any atom is -0.338 e. The predicted octanol–water partition coefficient (Wildman–Crippen LogP) is 0.0820. The van der Waals surface area contributed by atoms with Gasteiger partial charge in [0.05, 0.1) is 0 Å². The largest absolute Gasteiger partial charge is 0.338 e. The van der Waals surface area contributed by atoms with Gasteiger partial charge in [-0.15, -0.1) is 11.6 Å². The number of amides is 2. The molecule has 0 aromatic rings. The van der Waals surface area contributed by atoms with Crippen LogP contribution in [0.4, 0.5) is 0 Å². The highest BCUT2D eigenvalue weighted by Crippen LogP contribution is 2.03. The molecule has 0 aromatic heterocycles. The first-order valence-electron chi connectivity index (χ1n) is 4.44. The zero-order chi connectivity index (χ0) is 10.6. The van der Waals surface area contributed by atoms with Gasteiger partial charge in [0.2, 0.25) is 11.8 Å². The summed E-state index contributed by atoms with van der Waals surface area (Å²) in [5.41, 5.74) is 0. The van der Waals surface area contributed by atoms with Crippen molar-refractivity contribution >= 4 is 23.4 Å². The van der Waals surface area contributed by atoms with E-state index < -0.39 is 0 Å². The summed E-state index contributed by atoms with van der Waals surface area (Å²) in [5, 5.41) is 0. The molecule has 1 heterocycles. The zero-order valence-electron chi connectivity index (χ0n) is 7.91. The van der Waals surface area contributed by atoms with E-state index in [2.05, 4.69) is 6.58 Å². The van der Waals surface area contributed by atoms with Crippen molar-refractivity contribution in [2.45, 2.75) is 0 Å². The second-order valence-corrected chi connectivity index (χ2v) is 3.31. The van der Waals surface area contributed by atoms with E-state index >= 15 is 0 Å². The molecule has 0 unspecified atom stereocenters. The third-order valence-corrected chi connectivity index (χ3v) is 2.46. The first kappa shape index (κ1) is 11.0. The maximum atomic E-state index is 11.2. The smallest absolute Gasteiger partial charge is 0.246 e. The molecule has 0 spiro atoms. The first-order chi connectivity index (χ1) is 6.69. The van der Waals surface area contributed by atoms with Crippen LogP contribution >= 0.6 is 11.6 Å². The van der Waals surface area contributed by atoms with Gasteiger partial charge in [0.1, 0.15) is 5.88 Å². The molecule has 2 amide bonds. The number of hydrogen-bond acceptors (Lipinski definition) is 2. The van der Waals surface area contributed by atoms with Crippen LogP contribution < -0.4 is 0 Å². The summed E-state index contributed by atoms with van der Waals surface area (Å²) >= 11 is 5.42. The number of halogens is 1. The lowest BCUT2D eigenvalue weighted by Crippen LogP contribution is -2.50. The van der Waals surface area contributed by atoms with Gasteiger partial charge in [-0.2, -0.15) is 0 Å². The Hall–Kier alpha value is -1.03. The molecule has 1 rings (SSSR count). The molecule has 0 bridgehead atoms. The molecule has 0 aromatic carbocycles. The number of carbonyl (C=O) groups excluding carboxylic acids is 2. The van der Waals surface area contributed by atoms with Crippen molar-refractivity contribution in [3.63, 3.8) is 0 Å². The lowest BCUT2D eigenvalue weighted by atomic mass is 10.3. The molecular formula is C9H13ClN2O2. The van der Waals surface area contributed by atoms with E-state index in [0.29, 0.717) is 26.2 Å². The molecular weight excluding hydrogens is 204 g/mol. The minimum absolute atomic E-state index is 0.00933. The van der Waals surface area contributed by atoms with E-state index in [1.54, 1.807) is 9.80 Å². The van der Waals surface area contributed by atoms with Crippen LogP contribution in [-0.4, -0.2) is 53.7 Å². The number of rotatable bonds is 2. The molecule has 14 heavy (non-hydrogen) atoms. The second kappa shape index (κ2) is 5.00. The fourth-order valence-corrected chi connectivity index (χ4v) is 1.56. The highest BCUT2D eigenvalue weighted by Gasteiger charge is 2.21. The van der Waals surface area contributed by atoms with Gasteiger partial charge in [-0.3, -0.25) is 9.59 Å². The molecule has 1 aliphatic rings. The van der Waals surface area contributed by atoms with Crippen LogP contribution in [0.25, 0.3) is 0 Å². The van der Waals surface area contributed by atoms with Crippen LogP contribution in [-0.2, 0) is 9.59 Å². The van der Waals surface area contributed by atoms with Crippen LogP contribution in [0.2, 0.25) is 0 Å². The third kappa shape index (κ3) is 2.48. The van der Waals surface area contributed by atoms with Gasteiger partial charge in [-0.1, -0.05) is 6.58 Å². The van der Waals surface area contributed by atoms with Crippen molar-refractivity contribution in [1.82, 2.24) is 9.80 Å². The summed E-state index contributed by atoms with van der Waals surface area (Å²) < 4.78 is 0. The van der Waals surface area contributed by atoms with Gasteiger partial charge < -0.3 is 9.80 Å². The van der Waals surface area contributed by atoms with E-state index in [1.165, 1.54) is 6.08 Å². The maximum absolute atomic E-state index is 11.2. The molecule has 1 fully saturated rings. The van der Waals surface area contributed by atoms with Gasteiger partial charge in [-0.05, 0) is 6.08 Å². The van der Waals surface area contributed by atoms with Crippen LogP contribution in [0.5, 0.6) is 0 Å². The van der Waals surface area contributed by atoms with Crippen molar-refractivity contribution in [3.8, 4) is 0 Å². The van der Waals surface area contributed by atoms with Crippen molar-refractivity contribution < 1.29 is 9.59 Å². The molecule has 0 N–H and O–H groups in total. The Labute approximate surface area is 88.1 Å². The highest BCUT2D eigenvalue weighted by atomic mass is 35.5. The number of carbonyl (C=O) groups is 2. The molecule has 0 atom stereocenters. The predicted molar refractivity (Wildman–Crippen MR) is 54.1 cm³/mol. The number of alkyl halides is 1. The number of piperazine rings is 1. The summed E-state index contributed by atoms with van der Waals surface area (Å²) in [6, 6.07) is 0. The topological polar surface area (TPSA) is 40.6 Å². The monoisotopic (exact) mass is 216 g/mol. The first-order valence-corrected chi connectivity index (χ1v) is 4.97. The maximum Gasteiger partial charge on any atom is 0.246 e. The fraction of sp³-hybridized carbons (Fsp3) is 0.556. The van der Waals surface area contributed by atoms with E-state index in [-0.39, 0.29) is 17.7 Å². The molecule has 1 aliphatic heterocycles. The normalized spacial score (nSPS) is 16.6. The molecule has 0 saturated carbocycles. The average Bonchev–Trinajstić information content (AvgIpc) is 2.27. The lowest BCUT2D eigenvalue weighted by molar-refractivity contribution is -0.135. The lowest BCUT2D eigenvalue weighted by Gasteiger charge is -2.33. The Bertz CT molecular complexity index is 247. The Kier molecular flexibility index (Phi) is 3.95. The zero-order valence-corrected chi connectivity index (χ0v) is 8.66. The minimum atomic E-state index is -0.0806. The van der Waals surface area contributed by atoms with E-state index in [9.17, 15) is 9.59 Å². The van der Waals surface area contributed by atoms with E-state index in [1.807, 2.05) is 0 Å². The van der Waals surface area contributed by atoms with E-state index in [4.69, 9.17) is 11.6 Å². The average molecular weight is 217 g/mol. The van der Waals surface area contributed by atoms with Crippen LogP contribution in [0, 0.1) is 0 Å². The summed E-state index contributed by atoms with van der Waals surface area (Å²) in [4.78, 5) is 25.7. The highest BCUT2D eigenvalue weighted by molar-refractivity contribution is 6.27. The van der Waals surface area contributed by atoms with Crippen LogP contribution in [0.3, 0.4) is 0 Å². The van der Waals surface area contributed by atoms with Gasteiger partial charge in [0.15, 0.2) is 0 Å². The number of nitrogens with zero attached hydrogens (tertiary/aromatic N) is 2. The quantitative estimate of drug-likeness (QED) is 0.485. The van der Waals surface area contributed by atoms with Crippen LogP contribution in [0.1, 0.15) is 0 Å². The van der Waals surface area contributed by atoms with Gasteiger partial charge in [0, 0.05) is 26.2 Å².